The monoisotopic (exact) mass is 407 g/mol. The van der Waals surface area contributed by atoms with Gasteiger partial charge in [-0.05, 0) is 60.8 Å². The van der Waals surface area contributed by atoms with Crippen molar-refractivity contribution in [2.45, 2.75) is 53.4 Å². The summed E-state index contributed by atoms with van der Waals surface area (Å²) < 4.78 is 0. The second-order valence-electron chi connectivity index (χ2n) is 8.84. The van der Waals surface area contributed by atoms with Crippen LogP contribution >= 0.6 is 11.3 Å². The third-order valence-corrected chi connectivity index (χ3v) is 7.82. The molecule has 2 heterocycles. The molecule has 0 saturated carbocycles. The van der Waals surface area contributed by atoms with Gasteiger partial charge in [0, 0.05) is 16.8 Å². The van der Waals surface area contributed by atoms with E-state index in [0.29, 0.717) is 21.9 Å². The first-order valence-corrected chi connectivity index (χ1v) is 11.2. The fourth-order valence-electron chi connectivity index (χ4n) is 4.21. The van der Waals surface area contributed by atoms with Gasteiger partial charge >= 0.3 is 0 Å². The van der Waals surface area contributed by atoms with E-state index >= 15 is 0 Å². The van der Waals surface area contributed by atoms with Crippen LogP contribution in [0.15, 0.2) is 30.3 Å². The molecule has 2 aromatic heterocycles. The zero-order valence-corrected chi connectivity index (χ0v) is 18.5. The number of carbonyl (C=O) groups excluding carboxylic acids is 1. The number of benzene rings is 1. The van der Waals surface area contributed by atoms with Crippen molar-refractivity contribution >= 4 is 38.8 Å². The summed E-state index contributed by atoms with van der Waals surface area (Å²) in [6.07, 6.45) is 4.39. The molecule has 1 aromatic carbocycles. The highest BCUT2D eigenvalue weighted by molar-refractivity contribution is 7.21. The van der Waals surface area contributed by atoms with E-state index in [1.54, 1.807) is 0 Å². The van der Waals surface area contributed by atoms with Gasteiger partial charge in [-0.2, -0.15) is 0 Å². The number of nitrogen functional groups attached to an aromatic ring is 1. The molecule has 1 aliphatic rings. The quantitative estimate of drug-likeness (QED) is 0.559. The highest BCUT2D eigenvalue weighted by atomic mass is 32.1. The molecule has 4 rings (SSSR count). The number of amides is 1. The minimum absolute atomic E-state index is 0.164. The molecule has 1 atom stereocenters. The molecule has 1 amide bonds. The number of nitrogens with one attached hydrogen (secondary N) is 1. The number of pyridine rings is 1. The van der Waals surface area contributed by atoms with Gasteiger partial charge in [0.2, 0.25) is 0 Å². The lowest BCUT2D eigenvalue weighted by molar-refractivity contribution is 0.103. The van der Waals surface area contributed by atoms with Crippen LogP contribution in [0.25, 0.3) is 10.2 Å². The minimum atomic E-state index is -0.164. The molecular formula is C24H29N3OS. The number of aryl methyl sites for hydroxylation is 2. The SMILES string of the molecule is CCC(C)(C)C1CCc2nc3sc(C(=O)Nc4ccccc4C)c(N)c3cc2C1. The summed E-state index contributed by atoms with van der Waals surface area (Å²) in [5, 5.41) is 3.91. The molecule has 0 fully saturated rings. The molecule has 0 bridgehead atoms. The summed E-state index contributed by atoms with van der Waals surface area (Å²) in [6, 6.07) is 9.95. The number of anilines is 2. The molecule has 3 N–H and O–H groups in total. The lowest BCUT2D eigenvalue weighted by Gasteiger charge is -2.36. The second kappa shape index (κ2) is 7.45. The highest BCUT2D eigenvalue weighted by Crippen LogP contribution is 2.42. The standard InChI is InChI=1S/C24H29N3OS/c1-5-24(3,4)16-10-11-19-15(12-16)13-17-20(25)21(29-23(17)27-19)22(28)26-18-9-7-6-8-14(18)2/h6-9,13,16H,5,10-12,25H2,1-4H3,(H,26,28). The van der Waals surface area contributed by atoms with Gasteiger partial charge in [-0.1, -0.05) is 45.4 Å². The Morgan fingerprint density at radius 3 is 2.83 bits per heavy atom. The number of carbonyl (C=O) groups is 1. The first-order chi connectivity index (χ1) is 13.8. The van der Waals surface area contributed by atoms with E-state index in [1.165, 1.54) is 35.4 Å². The molecule has 4 nitrogen and oxygen atoms in total. The fraction of sp³-hybridized carbons (Fsp3) is 0.417. The van der Waals surface area contributed by atoms with Gasteiger partial charge < -0.3 is 11.1 Å². The van der Waals surface area contributed by atoms with Crippen LogP contribution in [-0.4, -0.2) is 10.9 Å². The van der Waals surface area contributed by atoms with Gasteiger partial charge in [-0.3, -0.25) is 4.79 Å². The largest absolute Gasteiger partial charge is 0.397 e. The van der Waals surface area contributed by atoms with Gasteiger partial charge in [0.1, 0.15) is 9.71 Å². The maximum Gasteiger partial charge on any atom is 0.267 e. The smallest absolute Gasteiger partial charge is 0.267 e. The first-order valence-electron chi connectivity index (χ1n) is 10.4. The molecule has 5 heteroatoms. The number of para-hydroxylation sites is 1. The Bertz CT molecular complexity index is 1080. The lowest BCUT2D eigenvalue weighted by Crippen LogP contribution is -2.29. The highest BCUT2D eigenvalue weighted by Gasteiger charge is 2.32. The number of nitrogens with two attached hydrogens (primary N) is 1. The number of nitrogens with zero attached hydrogens (tertiary/aromatic N) is 1. The number of hydrogen-bond acceptors (Lipinski definition) is 4. The summed E-state index contributed by atoms with van der Waals surface area (Å²) in [6.45, 7) is 8.98. The van der Waals surface area contributed by atoms with E-state index < -0.39 is 0 Å². The van der Waals surface area contributed by atoms with Crippen molar-refractivity contribution in [3.63, 3.8) is 0 Å². The molecule has 0 radical (unpaired) electrons. The van der Waals surface area contributed by atoms with E-state index in [1.807, 2.05) is 31.2 Å². The summed E-state index contributed by atoms with van der Waals surface area (Å²) in [5.41, 5.74) is 11.6. The van der Waals surface area contributed by atoms with Crippen LogP contribution in [-0.2, 0) is 12.8 Å². The molecule has 3 aromatic rings. The maximum absolute atomic E-state index is 12.9. The lowest BCUT2D eigenvalue weighted by atomic mass is 9.69. The topological polar surface area (TPSA) is 68.0 Å². The van der Waals surface area contributed by atoms with Gasteiger partial charge in [-0.15, -0.1) is 11.3 Å². The van der Waals surface area contributed by atoms with Crippen molar-refractivity contribution in [2.75, 3.05) is 11.1 Å². The minimum Gasteiger partial charge on any atom is -0.397 e. The number of hydrogen-bond donors (Lipinski definition) is 2. The Hall–Kier alpha value is -2.40. The van der Waals surface area contributed by atoms with Crippen LogP contribution in [0.1, 0.15) is 60.1 Å². The second-order valence-corrected chi connectivity index (χ2v) is 9.84. The van der Waals surface area contributed by atoms with Crippen LogP contribution in [0.4, 0.5) is 11.4 Å². The van der Waals surface area contributed by atoms with Gasteiger partial charge in [-0.25, -0.2) is 4.98 Å². The normalized spacial score (nSPS) is 16.6. The molecule has 29 heavy (non-hydrogen) atoms. The van der Waals surface area contributed by atoms with Crippen molar-refractivity contribution in [1.82, 2.24) is 4.98 Å². The average Bonchev–Trinajstić information content (AvgIpc) is 3.03. The molecule has 152 valence electrons. The Morgan fingerprint density at radius 1 is 1.34 bits per heavy atom. The van der Waals surface area contributed by atoms with Gasteiger partial charge in [0.15, 0.2) is 0 Å². The molecule has 0 spiro atoms. The van der Waals surface area contributed by atoms with E-state index in [4.69, 9.17) is 10.7 Å². The number of thiophene rings is 1. The first kappa shape index (κ1) is 19.9. The molecule has 0 saturated heterocycles. The third kappa shape index (κ3) is 3.64. The van der Waals surface area contributed by atoms with E-state index in [-0.39, 0.29) is 5.91 Å². The van der Waals surface area contributed by atoms with Crippen LogP contribution < -0.4 is 11.1 Å². The average molecular weight is 408 g/mol. The van der Waals surface area contributed by atoms with E-state index in [0.717, 1.165) is 34.3 Å². The zero-order valence-electron chi connectivity index (χ0n) is 17.6. The van der Waals surface area contributed by atoms with E-state index in [2.05, 4.69) is 32.2 Å². The van der Waals surface area contributed by atoms with Gasteiger partial charge in [0.25, 0.3) is 5.91 Å². The molecule has 1 unspecified atom stereocenters. The number of rotatable bonds is 4. The van der Waals surface area contributed by atoms with Crippen LogP contribution in [0, 0.1) is 18.3 Å². The van der Waals surface area contributed by atoms with Crippen LogP contribution in [0.2, 0.25) is 0 Å². The summed E-state index contributed by atoms with van der Waals surface area (Å²) in [5.74, 6) is 0.491. The van der Waals surface area contributed by atoms with Gasteiger partial charge in [0.05, 0.1) is 5.69 Å². The van der Waals surface area contributed by atoms with Crippen molar-refractivity contribution < 1.29 is 4.79 Å². The van der Waals surface area contributed by atoms with Crippen molar-refractivity contribution in [3.8, 4) is 0 Å². The predicted molar refractivity (Wildman–Crippen MR) is 123 cm³/mol. The van der Waals surface area contributed by atoms with Crippen molar-refractivity contribution in [2.24, 2.45) is 11.3 Å². The predicted octanol–water partition coefficient (Wildman–Crippen LogP) is 5.98. The summed E-state index contributed by atoms with van der Waals surface area (Å²) >= 11 is 1.39. The maximum atomic E-state index is 12.9. The molecular weight excluding hydrogens is 378 g/mol. The van der Waals surface area contributed by atoms with Crippen molar-refractivity contribution in [3.05, 3.63) is 52.0 Å². The van der Waals surface area contributed by atoms with Crippen LogP contribution in [0.5, 0.6) is 0 Å². The Labute approximate surface area is 176 Å². The Kier molecular flexibility index (Phi) is 5.11. The number of aromatic nitrogens is 1. The Balaban J connectivity index is 1.66. The zero-order chi connectivity index (χ0) is 20.8. The fourth-order valence-corrected chi connectivity index (χ4v) is 5.20. The summed E-state index contributed by atoms with van der Waals surface area (Å²) in [4.78, 5) is 19.2. The summed E-state index contributed by atoms with van der Waals surface area (Å²) in [7, 11) is 0. The Morgan fingerprint density at radius 2 is 2.10 bits per heavy atom. The van der Waals surface area contributed by atoms with Crippen LogP contribution in [0.3, 0.4) is 0 Å². The van der Waals surface area contributed by atoms with Crippen molar-refractivity contribution in [1.29, 1.82) is 0 Å². The van der Waals surface area contributed by atoms with E-state index in [9.17, 15) is 4.79 Å². The third-order valence-electron chi connectivity index (χ3n) is 6.70. The number of fused-ring (bicyclic) bond motifs is 2. The molecule has 1 aliphatic carbocycles. The molecule has 0 aliphatic heterocycles.